The first kappa shape index (κ1) is 34.2. The van der Waals surface area contributed by atoms with E-state index in [1.807, 2.05) is 81.6 Å². The average molecular weight is 629 g/mol. The van der Waals surface area contributed by atoms with Gasteiger partial charge in [-0.15, -0.1) is 0 Å². The molecule has 2 atom stereocenters. The summed E-state index contributed by atoms with van der Waals surface area (Å²) in [7, 11) is 0. The van der Waals surface area contributed by atoms with Crippen LogP contribution in [0.15, 0.2) is 166 Å². The lowest BCUT2D eigenvalue weighted by Crippen LogP contribution is -2.29. The summed E-state index contributed by atoms with van der Waals surface area (Å²) < 4.78 is 0. The molecule has 0 spiro atoms. The molecule has 9 nitrogen and oxygen atoms in total. The van der Waals surface area contributed by atoms with Crippen LogP contribution >= 0.6 is 0 Å². The Morgan fingerprint density at radius 3 is 2.34 bits per heavy atom. The van der Waals surface area contributed by atoms with Gasteiger partial charge < -0.3 is 27.1 Å². The molecule has 0 saturated heterocycles. The molecule has 242 valence electrons. The topological polar surface area (TPSA) is 142 Å². The molecule has 0 aromatic heterocycles. The molecule has 0 bridgehead atoms. The summed E-state index contributed by atoms with van der Waals surface area (Å²) in [5.74, 6) is 6.02. The summed E-state index contributed by atoms with van der Waals surface area (Å²) in [5, 5.41) is 10.1. The summed E-state index contributed by atoms with van der Waals surface area (Å²) in [5.41, 5.74) is 19.4. The predicted molar refractivity (Wildman–Crippen MR) is 195 cm³/mol. The van der Waals surface area contributed by atoms with Crippen molar-refractivity contribution in [2.24, 2.45) is 27.5 Å². The normalized spacial score (nSPS) is 18.4. The molecular formula is C38H44N8O. The van der Waals surface area contributed by atoms with Crippen LogP contribution in [0, 0.1) is 5.92 Å². The van der Waals surface area contributed by atoms with Gasteiger partial charge in [0.15, 0.2) is 5.78 Å². The van der Waals surface area contributed by atoms with Gasteiger partial charge in [0, 0.05) is 41.2 Å². The van der Waals surface area contributed by atoms with Crippen molar-refractivity contribution in [1.29, 1.82) is 0 Å². The molecule has 1 unspecified atom stereocenters. The smallest absolute Gasteiger partial charge is 0.159 e. The van der Waals surface area contributed by atoms with Gasteiger partial charge in [0.05, 0.1) is 40.1 Å². The van der Waals surface area contributed by atoms with Gasteiger partial charge in [0.2, 0.25) is 0 Å². The van der Waals surface area contributed by atoms with Crippen LogP contribution in [0.3, 0.4) is 0 Å². The highest BCUT2D eigenvalue weighted by Crippen LogP contribution is 2.34. The van der Waals surface area contributed by atoms with Gasteiger partial charge in [-0.1, -0.05) is 75.4 Å². The highest BCUT2D eigenvalue weighted by Gasteiger charge is 2.31. The quantitative estimate of drug-likeness (QED) is 0.0632. The monoisotopic (exact) mass is 628 g/mol. The van der Waals surface area contributed by atoms with E-state index in [4.69, 9.17) is 21.6 Å². The minimum Gasteiger partial charge on any atom is -0.397 e. The molecule has 0 amide bonds. The van der Waals surface area contributed by atoms with Crippen LogP contribution in [0.25, 0.3) is 0 Å². The standard InChI is InChI=1S/C38H44N8O/c1-10-29(12-11-21(2)19-42-37-23(4)22(3)36(37)39)20-41-26(7)34-17-32(33-18-35(27(8)46-40)45-38(33)44-34)25(6)43-24(5)30-13-15-31(16-14-30)28(9)47/h10-19,24,33,41-43,46H,3-4,6-8,20,39-40H2,1-2,5,9H3/b12-11-,21-19+,29-10+/t24-,33?/m1/s1. The first-order chi connectivity index (χ1) is 22.3. The number of dihydropyridines is 1. The number of aliphatic imine (C=N–C) groups is 2. The Hall–Kier alpha value is -5.67. The van der Waals surface area contributed by atoms with E-state index in [2.05, 4.69) is 54.3 Å². The number of Topliss-reactive ketones (excluding diaryl/α,β-unsaturated/α-hetero) is 1. The van der Waals surface area contributed by atoms with Gasteiger partial charge in [-0.25, -0.2) is 9.98 Å². The summed E-state index contributed by atoms with van der Waals surface area (Å²) >= 11 is 0. The van der Waals surface area contributed by atoms with Crippen molar-refractivity contribution in [1.82, 2.24) is 21.4 Å². The Labute approximate surface area is 277 Å². The van der Waals surface area contributed by atoms with Gasteiger partial charge in [0.1, 0.15) is 5.84 Å². The molecule has 0 saturated carbocycles. The Bertz CT molecular complexity index is 1800. The van der Waals surface area contributed by atoms with Crippen molar-refractivity contribution in [3.05, 3.63) is 167 Å². The number of rotatable bonds is 15. The lowest BCUT2D eigenvalue weighted by Gasteiger charge is -2.26. The molecule has 0 radical (unpaired) electrons. The molecule has 9 heteroatoms. The van der Waals surface area contributed by atoms with Gasteiger partial charge in [-0.05, 0) is 62.1 Å². The van der Waals surface area contributed by atoms with E-state index in [-0.39, 0.29) is 17.7 Å². The highest BCUT2D eigenvalue weighted by molar-refractivity contribution is 6.18. The zero-order chi connectivity index (χ0) is 34.4. The third-order valence-corrected chi connectivity index (χ3v) is 8.19. The van der Waals surface area contributed by atoms with Crippen molar-refractivity contribution in [3.8, 4) is 0 Å². The number of benzene rings is 1. The Kier molecular flexibility index (Phi) is 10.6. The molecule has 2 heterocycles. The first-order valence-electron chi connectivity index (χ1n) is 15.3. The minimum absolute atomic E-state index is 0.0305. The van der Waals surface area contributed by atoms with E-state index >= 15 is 0 Å². The SMILES string of the molecule is C=C(NN)C1=CC2C(C(=C)N[C@H](C)c3ccc(C(C)=O)cc3)=CC(C(=C)NCC(/C=C\C(C)=C\NC3=C(N)C(=C)C3=C)=C/C)=NC2=N1. The van der Waals surface area contributed by atoms with E-state index in [9.17, 15) is 4.79 Å². The van der Waals surface area contributed by atoms with E-state index in [0.29, 0.717) is 46.4 Å². The van der Waals surface area contributed by atoms with E-state index < -0.39 is 0 Å². The molecule has 47 heavy (non-hydrogen) atoms. The van der Waals surface area contributed by atoms with Crippen molar-refractivity contribution < 1.29 is 4.79 Å². The van der Waals surface area contributed by atoms with Gasteiger partial charge in [-0.2, -0.15) is 0 Å². The minimum atomic E-state index is -0.238. The number of hydrogen-bond acceptors (Lipinski definition) is 9. The molecule has 1 aromatic rings. The lowest BCUT2D eigenvalue weighted by molar-refractivity contribution is 0.101. The first-order valence-corrected chi connectivity index (χ1v) is 15.3. The van der Waals surface area contributed by atoms with Crippen LogP contribution in [-0.2, 0) is 0 Å². The van der Waals surface area contributed by atoms with Crippen LogP contribution in [0.4, 0.5) is 0 Å². The van der Waals surface area contributed by atoms with Gasteiger partial charge >= 0.3 is 0 Å². The maximum absolute atomic E-state index is 11.7. The van der Waals surface area contributed by atoms with Crippen molar-refractivity contribution in [3.63, 3.8) is 0 Å². The molecule has 1 aromatic carbocycles. The number of fused-ring (bicyclic) bond motifs is 1. The number of nitrogens with zero attached hydrogens (tertiary/aromatic N) is 2. The summed E-state index contributed by atoms with van der Waals surface area (Å²) in [4.78, 5) is 21.3. The zero-order valence-corrected chi connectivity index (χ0v) is 27.6. The number of nitrogens with one attached hydrogen (secondary N) is 4. The zero-order valence-electron chi connectivity index (χ0n) is 27.6. The maximum atomic E-state index is 11.7. The summed E-state index contributed by atoms with van der Waals surface area (Å²) in [6.45, 7) is 28.6. The molecule has 1 aliphatic carbocycles. The molecule has 4 rings (SSSR count). The second-order valence-electron chi connectivity index (χ2n) is 11.5. The van der Waals surface area contributed by atoms with Gasteiger partial charge in [-0.3, -0.25) is 10.6 Å². The van der Waals surface area contributed by atoms with Crippen LogP contribution in [-0.4, -0.2) is 23.9 Å². The fourth-order valence-electron chi connectivity index (χ4n) is 5.04. The number of carbonyl (C=O) groups is 1. The van der Waals surface area contributed by atoms with Crippen molar-refractivity contribution >= 4 is 17.3 Å². The second kappa shape index (κ2) is 14.6. The van der Waals surface area contributed by atoms with E-state index in [1.54, 1.807) is 6.92 Å². The Balaban J connectivity index is 1.47. The fraction of sp³-hybridized carbons (Fsp3) is 0.184. The molecule has 2 aliphatic heterocycles. The average Bonchev–Trinajstić information content (AvgIpc) is 3.51. The summed E-state index contributed by atoms with van der Waals surface area (Å²) in [6.07, 6.45) is 11.9. The van der Waals surface area contributed by atoms with Crippen LogP contribution < -0.4 is 33.0 Å². The number of hydrazine groups is 1. The Morgan fingerprint density at radius 2 is 1.72 bits per heavy atom. The van der Waals surface area contributed by atoms with Crippen LogP contribution in [0.5, 0.6) is 0 Å². The summed E-state index contributed by atoms with van der Waals surface area (Å²) in [6, 6.07) is 7.50. The molecular weight excluding hydrogens is 584 g/mol. The van der Waals surface area contributed by atoms with Crippen LogP contribution in [0.2, 0.25) is 0 Å². The number of allylic oxidation sites excluding steroid dienone is 7. The van der Waals surface area contributed by atoms with Gasteiger partial charge in [0.25, 0.3) is 0 Å². The number of amidine groups is 1. The maximum Gasteiger partial charge on any atom is 0.159 e. The van der Waals surface area contributed by atoms with Crippen molar-refractivity contribution in [2.75, 3.05) is 6.54 Å². The predicted octanol–water partition coefficient (Wildman–Crippen LogP) is 5.72. The molecule has 3 aliphatic rings. The number of hydrogen-bond donors (Lipinski definition) is 6. The van der Waals surface area contributed by atoms with Crippen LogP contribution in [0.1, 0.15) is 49.7 Å². The highest BCUT2D eigenvalue weighted by atomic mass is 16.1. The largest absolute Gasteiger partial charge is 0.397 e. The number of nitrogens with two attached hydrogens (primary N) is 2. The molecule has 8 N–H and O–H groups in total. The van der Waals surface area contributed by atoms with E-state index in [1.165, 1.54) is 0 Å². The fourth-order valence-corrected chi connectivity index (χ4v) is 5.04. The van der Waals surface area contributed by atoms with Crippen molar-refractivity contribution in [2.45, 2.75) is 33.7 Å². The van der Waals surface area contributed by atoms with E-state index in [0.717, 1.165) is 44.8 Å². The second-order valence-corrected chi connectivity index (χ2v) is 11.5. The third-order valence-electron chi connectivity index (χ3n) is 8.19. The number of ketones is 1. The molecule has 0 fully saturated rings. The number of carbonyl (C=O) groups excluding carboxylic acids is 1. The lowest BCUT2D eigenvalue weighted by atomic mass is 9.90. The Morgan fingerprint density at radius 1 is 1.02 bits per heavy atom. The third kappa shape index (κ3) is 7.77.